The Morgan fingerprint density at radius 2 is 2.00 bits per heavy atom. The molecule has 2 aromatic rings. The summed E-state index contributed by atoms with van der Waals surface area (Å²) in [5.74, 6) is 0. The number of hydrogen-bond donors (Lipinski definition) is 0. The predicted octanol–water partition coefficient (Wildman–Crippen LogP) is 2.93. The largest absolute Gasteiger partial charge is 0.609 e. The molecule has 19 heavy (non-hydrogen) atoms. The molecule has 0 amide bonds. The highest BCUT2D eigenvalue weighted by Crippen LogP contribution is 2.29. The first-order chi connectivity index (χ1) is 8.91. The quantitative estimate of drug-likeness (QED) is 0.481. The molecule has 1 atom stereocenters. The van der Waals surface area contributed by atoms with Gasteiger partial charge in [0.05, 0.1) is 15.7 Å². The summed E-state index contributed by atoms with van der Waals surface area (Å²) >= 11 is 16.2. The van der Waals surface area contributed by atoms with Crippen molar-refractivity contribution in [3.05, 3.63) is 49.8 Å². The lowest BCUT2D eigenvalue weighted by Crippen LogP contribution is -2.25. The van der Waals surface area contributed by atoms with Crippen LogP contribution >= 0.6 is 34.8 Å². The zero-order valence-corrected chi connectivity index (χ0v) is 12.6. The van der Waals surface area contributed by atoms with Crippen LogP contribution in [0, 0.1) is 0 Å². The van der Waals surface area contributed by atoms with Crippen molar-refractivity contribution in [1.82, 2.24) is 9.55 Å². The van der Waals surface area contributed by atoms with E-state index in [4.69, 9.17) is 34.8 Å². The van der Waals surface area contributed by atoms with Crippen LogP contribution in [0.5, 0.6) is 0 Å². The van der Waals surface area contributed by atoms with Gasteiger partial charge >= 0.3 is 5.16 Å². The lowest BCUT2D eigenvalue weighted by molar-refractivity contribution is 0.584. The standard InChI is InChI=1S/C11H7Cl3N2O2S/c1-19(18)11-15-8(13)5-9(17)16(11)7-4-2-3-6(12)10(7)14/h2-5H,1H3. The molecule has 1 heterocycles. The van der Waals surface area contributed by atoms with E-state index in [0.29, 0.717) is 5.69 Å². The van der Waals surface area contributed by atoms with E-state index in [9.17, 15) is 9.35 Å². The Morgan fingerprint density at radius 1 is 1.32 bits per heavy atom. The molecule has 1 aromatic carbocycles. The molecule has 4 nitrogen and oxygen atoms in total. The molecule has 1 aromatic heterocycles. The van der Waals surface area contributed by atoms with Gasteiger partial charge in [-0.3, -0.25) is 4.79 Å². The molecule has 100 valence electrons. The molecule has 0 saturated carbocycles. The van der Waals surface area contributed by atoms with Crippen molar-refractivity contribution in [1.29, 1.82) is 0 Å². The second-order valence-electron chi connectivity index (χ2n) is 3.56. The van der Waals surface area contributed by atoms with Crippen LogP contribution in [-0.4, -0.2) is 20.4 Å². The first-order valence-corrected chi connectivity index (χ1v) is 7.68. The zero-order chi connectivity index (χ0) is 14.2. The normalized spacial score (nSPS) is 12.5. The summed E-state index contributed by atoms with van der Waals surface area (Å²) in [6.07, 6.45) is 1.40. The molecule has 0 aliphatic heterocycles. The monoisotopic (exact) mass is 336 g/mol. The molecule has 0 N–H and O–H groups in total. The van der Waals surface area contributed by atoms with Crippen LogP contribution in [-0.2, 0) is 11.2 Å². The second-order valence-corrected chi connectivity index (χ2v) is 6.01. The van der Waals surface area contributed by atoms with Crippen LogP contribution < -0.4 is 5.56 Å². The SMILES string of the molecule is C[S+]([O-])c1nc(Cl)cc(=O)n1-c1cccc(Cl)c1Cl. The predicted molar refractivity (Wildman–Crippen MR) is 77.2 cm³/mol. The first-order valence-electron chi connectivity index (χ1n) is 4.99. The third kappa shape index (κ3) is 2.90. The van der Waals surface area contributed by atoms with E-state index in [2.05, 4.69) is 4.98 Å². The molecular weight excluding hydrogens is 331 g/mol. The molecule has 0 fully saturated rings. The topological polar surface area (TPSA) is 58.0 Å². The number of aromatic nitrogens is 2. The molecule has 0 aliphatic rings. The van der Waals surface area contributed by atoms with Gasteiger partial charge in [-0.15, -0.1) is 0 Å². The van der Waals surface area contributed by atoms with Gasteiger partial charge in [-0.2, -0.15) is 4.98 Å². The summed E-state index contributed by atoms with van der Waals surface area (Å²) < 4.78 is 12.8. The maximum absolute atomic E-state index is 12.0. The third-order valence-corrected chi connectivity index (χ3v) is 4.08. The highest BCUT2D eigenvalue weighted by Gasteiger charge is 2.20. The molecule has 0 radical (unpaired) electrons. The third-order valence-electron chi connectivity index (χ3n) is 2.29. The molecule has 0 spiro atoms. The van der Waals surface area contributed by atoms with Gasteiger partial charge in [-0.05, 0) is 12.1 Å². The lowest BCUT2D eigenvalue weighted by atomic mass is 10.3. The van der Waals surface area contributed by atoms with Gasteiger partial charge in [-0.25, -0.2) is 4.57 Å². The van der Waals surface area contributed by atoms with Gasteiger partial charge in [0.15, 0.2) is 0 Å². The van der Waals surface area contributed by atoms with E-state index in [-0.39, 0.29) is 20.4 Å². The van der Waals surface area contributed by atoms with Crippen molar-refractivity contribution in [2.75, 3.05) is 6.26 Å². The smallest absolute Gasteiger partial charge is 0.331 e. The fraction of sp³-hybridized carbons (Fsp3) is 0.0909. The van der Waals surface area contributed by atoms with Gasteiger partial charge in [-0.1, -0.05) is 40.9 Å². The Balaban J connectivity index is 2.82. The van der Waals surface area contributed by atoms with E-state index < -0.39 is 16.7 Å². The molecule has 0 saturated heterocycles. The maximum atomic E-state index is 12.0. The van der Waals surface area contributed by atoms with Crippen LogP contribution in [0.2, 0.25) is 15.2 Å². The highest BCUT2D eigenvalue weighted by molar-refractivity contribution is 7.90. The van der Waals surface area contributed by atoms with Gasteiger partial charge in [0.25, 0.3) is 5.56 Å². The Bertz CT molecular complexity index is 688. The average Bonchev–Trinajstić information content (AvgIpc) is 2.32. The van der Waals surface area contributed by atoms with Crippen molar-refractivity contribution in [3.63, 3.8) is 0 Å². The fourth-order valence-electron chi connectivity index (χ4n) is 1.51. The number of benzene rings is 1. The van der Waals surface area contributed by atoms with Crippen LogP contribution in [0.3, 0.4) is 0 Å². The van der Waals surface area contributed by atoms with Crippen molar-refractivity contribution in [3.8, 4) is 5.69 Å². The summed E-state index contributed by atoms with van der Waals surface area (Å²) in [6.45, 7) is 0. The van der Waals surface area contributed by atoms with Gasteiger partial charge in [0.2, 0.25) is 0 Å². The van der Waals surface area contributed by atoms with Crippen molar-refractivity contribution in [2.24, 2.45) is 0 Å². The molecule has 8 heteroatoms. The van der Waals surface area contributed by atoms with E-state index in [1.54, 1.807) is 18.2 Å². The Kier molecular flexibility index (Phi) is 4.43. The van der Waals surface area contributed by atoms with Crippen molar-refractivity contribution >= 4 is 46.0 Å². The summed E-state index contributed by atoms with van der Waals surface area (Å²) in [5.41, 5.74) is -0.164. The van der Waals surface area contributed by atoms with E-state index in [1.807, 2.05) is 0 Å². The number of hydrogen-bond acceptors (Lipinski definition) is 3. The highest BCUT2D eigenvalue weighted by atomic mass is 35.5. The number of halogens is 3. The molecule has 2 rings (SSSR count). The summed E-state index contributed by atoms with van der Waals surface area (Å²) in [6, 6.07) is 5.92. The fourth-order valence-corrected chi connectivity index (χ4v) is 2.79. The van der Waals surface area contributed by atoms with Gasteiger partial charge in [0, 0.05) is 17.2 Å². The van der Waals surface area contributed by atoms with Gasteiger partial charge in [0.1, 0.15) is 11.4 Å². The minimum absolute atomic E-state index is 0.0154. The molecule has 0 bridgehead atoms. The minimum Gasteiger partial charge on any atom is -0.609 e. The Labute approximate surface area is 127 Å². The summed E-state index contributed by atoms with van der Waals surface area (Å²) in [4.78, 5) is 15.9. The zero-order valence-electron chi connectivity index (χ0n) is 9.56. The van der Waals surface area contributed by atoms with E-state index >= 15 is 0 Å². The van der Waals surface area contributed by atoms with Crippen molar-refractivity contribution in [2.45, 2.75) is 5.16 Å². The minimum atomic E-state index is -1.51. The van der Waals surface area contributed by atoms with Crippen LogP contribution in [0.4, 0.5) is 0 Å². The molecular formula is C11H7Cl3N2O2S. The maximum Gasteiger partial charge on any atom is 0.331 e. The van der Waals surface area contributed by atoms with Crippen LogP contribution in [0.15, 0.2) is 34.2 Å². The van der Waals surface area contributed by atoms with Crippen LogP contribution in [0.25, 0.3) is 5.69 Å². The molecule has 1 unspecified atom stereocenters. The lowest BCUT2D eigenvalue weighted by Gasteiger charge is -2.13. The first kappa shape index (κ1) is 14.7. The van der Waals surface area contributed by atoms with E-state index in [1.165, 1.54) is 6.26 Å². The van der Waals surface area contributed by atoms with E-state index in [0.717, 1.165) is 10.6 Å². The number of rotatable bonds is 2. The second kappa shape index (κ2) is 5.73. The van der Waals surface area contributed by atoms with Gasteiger partial charge < -0.3 is 4.55 Å². The summed E-state index contributed by atoms with van der Waals surface area (Å²) in [5, 5.41) is 0.460. The Morgan fingerprint density at radius 3 is 2.63 bits per heavy atom. The number of nitrogens with zero attached hydrogens (tertiary/aromatic N) is 2. The molecule has 0 aliphatic carbocycles. The Hall–Kier alpha value is -0.720. The van der Waals surface area contributed by atoms with Crippen LogP contribution in [0.1, 0.15) is 0 Å². The summed E-state index contributed by atoms with van der Waals surface area (Å²) in [7, 11) is 0. The average molecular weight is 338 g/mol. The van der Waals surface area contributed by atoms with Crippen molar-refractivity contribution < 1.29 is 4.55 Å².